The van der Waals surface area contributed by atoms with E-state index in [0.717, 1.165) is 17.3 Å². The normalized spacial score (nSPS) is 14.8. The molecule has 1 aromatic carbocycles. The monoisotopic (exact) mass is 342 g/mol. The predicted octanol–water partition coefficient (Wildman–Crippen LogP) is 3.72. The average molecular weight is 342 g/mol. The largest absolute Gasteiger partial charge is 0.497 e. The van der Waals surface area contributed by atoms with E-state index in [1.807, 2.05) is 30.3 Å². The zero-order chi connectivity index (χ0) is 17.3. The third kappa shape index (κ3) is 5.52. The van der Waals surface area contributed by atoms with Crippen molar-refractivity contribution >= 4 is 11.8 Å². The fourth-order valence-corrected chi connectivity index (χ4v) is 2.98. The van der Waals surface area contributed by atoms with Crippen LogP contribution in [0.15, 0.2) is 36.5 Å². The zero-order valence-electron chi connectivity index (χ0n) is 14.7. The van der Waals surface area contributed by atoms with Crippen molar-refractivity contribution in [3.63, 3.8) is 0 Å². The number of hydrogen-bond acceptors (Lipinski definition) is 6. The molecule has 1 saturated carbocycles. The Labute approximate surface area is 149 Å². The lowest BCUT2D eigenvalue weighted by Gasteiger charge is -2.23. The van der Waals surface area contributed by atoms with E-state index in [0.29, 0.717) is 25.1 Å². The van der Waals surface area contributed by atoms with Crippen molar-refractivity contribution in [2.24, 2.45) is 0 Å². The van der Waals surface area contributed by atoms with Gasteiger partial charge in [-0.1, -0.05) is 19.3 Å². The van der Waals surface area contributed by atoms with Gasteiger partial charge in [0.25, 0.3) is 0 Å². The smallest absolute Gasteiger partial charge is 0.224 e. The minimum Gasteiger partial charge on any atom is -0.497 e. The first kappa shape index (κ1) is 17.3. The van der Waals surface area contributed by atoms with Crippen LogP contribution in [0.1, 0.15) is 32.1 Å². The number of benzene rings is 1. The number of anilines is 2. The number of ether oxygens (including phenoxy) is 2. The highest BCUT2D eigenvalue weighted by Gasteiger charge is 2.13. The molecule has 2 aromatic rings. The first-order valence-electron chi connectivity index (χ1n) is 8.94. The van der Waals surface area contributed by atoms with E-state index < -0.39 is 0 Å². The maximum Gasteiger partial charge on any atom is 0.224 e. The fourth-order valence-electron chi connectivity index (χ4n) is 2.98. The van der Waals surface area contributed by atoms with Gasteiger partial charge in [0, 0.05) is 12.2 Å². The second kappa shape index (κ2) is 9.11. The van der Waals surface area contributed by atoms with E-state index in [1.54, 1.807) is 13.3 Å². The fraction of sp³-hybridized carbons (Fsp3) is 0.474. The summed E-state index contributed by atoms with van der Waals surface area (Å²) in [7, 11) is 1.65. The van der Waals surface area contributed by atoms with Crippen LogP contribution in [-0.2, 0) is 0 Å². The summed E-state index contributed by atoms with van der Waals surface area (Å²) in [4.78, 5) is 8.79. The van der Waals surface area contributed by atoms with Crippen LogP contribution in [0.2, 0.25) is 0 Å². The molecule has 1 aliphatic rings. The van der Waals surface area contributed by atoms with E-state index in [1.165, 1.54) is 32.1 Å². The van der Waals surface area contributed by atoms with Crippen molar-refractivity contribution in [3.05, 3.63) is 36.5 Å². The number of nitrogens with one attached hydrogen (secondary N) is 2. The highest BCUT2D eigenvalue weighted by atomic mass is 16.5. The summed E-state index contributed by atoms with van der Waals surface area (Å²) in [6, 6.07) is 10.0. The van der Waals surface area contributed by atoms with E-state index in [2.05, 4.69) is 20.6 Å². The van der Waals surface area contributed by atoms with Gasteiger partial charge < -0.3 is 20.1 Å². The quantitative estimate of drug-likeness (QED) is 0.713. The maximum absolute atomic E-state index is 5.69. The van der Waals surface area contributed by atoms with Gasteiger partial charge in [-0.3, -0.25) is 0 Å². The Hall–Kier alpha value is -2.50. The predicted molar refractivity (Wildman–Crippen MR) is 99.5 cm³/mol. The lowest BCUT2D eigenvalue weighted by molar-refractivity contribution is 0.331. The molecule has 1 heterocycles. The molecule has 1 aliphatic carbocycles. The second-order valence-electron chi connectivity index (χ2n) is 6.20. The summed E-state index contributed by atoms with van der Waals surface area (Å²) < 4.78 is 10.8. The van der Waals surface area contributed by atoms with Crippen LogP contribution in [0.3, 0.4) is 0 Å². The molecule has 0 amide bonds. The Balaban J connectivity index is 1.42. The molecule has 1 fully saturated rings. The molecule has 0 unspecified atom stereocenters. The van der Waals surface area contributed by atoms with E-state index in [-0.39, 0.29) is 0 Å². The Morgan fingerprint density at radius 3 is 2.56 bits per heavy atom. The Morgan fingerprint density at radius 1 is 1.04 bits per heavy atom. The highest BCUT2D eigenvalue weighted by Crippen LogP contribution is 2.21. The van der Waals surface area contributed by atoms with Gasteiger partial charge in [-0.15, -0.1) is 0 Å². The molecule has 6 heteroatoms. The van der Waals surface area contributed by atoms with Crippen molar-refractivity contribution in [2.75, 3.05) is 30.9 Å². The number of nitrogens with zero attached hydrogens (tertiary/aromatic N) is 2. The van der Waals surface area contributed by atoms with Gasteiger partial charge in [0.05, 0.1) is 13.7 Å². The summed E-state index contributed by atoms with van der Waals surface area (Å²) in [5, 5.41) is 6.72. The van der Waals surface area contributed by atoms with Crippen molar-refractivity contribution in [1.82, 2.24) is 9.97 Å². The Morgan fingerprint density at radius 2 is 1.80 bits per heavy atom. The molecule has 0 radical (unpaired) electrons. The van der Waals surface area contributed by atoms with E-state index in [4.69, 9.17) is 9.47 Å². The SMILES string of the molecule is COc1ccc(OCCNc2nccc(NC3CCCCC3)n2)cc1. The standard InChI is InChI=1S/C19H26N4O2/c1-24-16-7-9-17(10-8-16)25-14-13-21-19-20-12-11-18(23-19)22-15-5-3-2-4-6-15/h7-12,15H,2-6,13-14H2,1H3,(H2,20,21,22,23). The summed E-state index contributed by atoms with van der Waals surface area (Å²) >= 11 is 0. The minimum absolute atomic E-state index is 0.537. The Bertz CT molecular complexity index is 642. The lowest BCUT2D eigenvalue weighted by Crippen LogP contribution is -2.23. The molecule has 0 spiro atoms. The first-order valence-corrected chi connectivity index (χ1v) is 8.94. The minimum atomic E-state index is 0.537. The van der Waals surface area contributed by atoms with Gasteiger partial charge in [0.15, 0.2) is 0 Å². The van der Waals surface area contributed by atoms with Crippen molar-refractivity contribution in [1.29, 1.82) is 0 Å². The summed E-state index contributed by atoms with van der Waals surface area (Å²) in [6.45, 7) is 1.18. The number of aromatic nitrogens is 2. The zero-order valence-corrected chi connectivity index (χ0v) is 14.7. The van der Waals surface area contributed by atoms with Crippen LogP contribution in [0.5, 0.6) is 11.5 Å². The molecule has 0 bridgehead atoms. The maximum atomic E-state index is 5.69. The van der Waals surface area contributed by atoms with Crippen LogP contribution >= 0.6 is 0 Å². The average Bonchev–Trinajstić information content (AvgIpc) is 2.67. The first-order chi connectivity index (χ1) is 12.3. The molecule has 0 aliphatic heterocycles. The van der Waals surface area contributed by atoms with Crippen molar-refractivity contribution < 1.29 is 9.47 Å². The second-order valence-corrected chi connectivity index (χ2v) is 6.20. The summed E-state index contributed by atoms with van der Waals surface area (Å²) in [5.74, 6) is 3.15. The van der Waals surface area contributed by atoms with Crippen LogP contribution in [-0.4, -0.2) is 36.3 Å². The van der Waals surface area contributed by atoms with Crippen LogP contribution in [0.25, 0.3) is 0 Å². The molecule has 0 atom stereocenters. The van der Waals surface area contributed by atoms with Gasteiger partial charge >= 0.3 is 0 Å². The van der Waals surface area contributed by atoms with Crippen molar-refractivity contribution in [3.8, 4) is 11.5 Å². The highest BCUT2D eigenvalue weighted by molar-refractivity contribution is 5.40. The number of rotatable bonds is 8. The molecule has 3 rings (SSSR count). The molecule has 134 valence electrons. The molecule has 6 nitrogen and oxygen atoms in total. The van der Waals surface area contributed by atoms with Crippen LogP contribution in [0, 0.1) is 0 Å². The molecule has 25 heavy (non-hydrogen) atoms. The van der Waals surface area contributed by atoms with Gasteiger partial charge in [0.2, 0.25) is 5.95 Å². The van der Waals surface area contributed by atoms with Gasteiger partial charge in [-0.25, -0.2) is 4.98 Å². The van der Waals surface area contributed by atoms with Gasteiger partial charge in [-0.2, -0.15) is 4.98 Å². The van der Waals surface area contributed by atoms with E-state index in [9.17, 15) is 0 Å². The third-order valence-electron chi connectivity index (χ3n) is 4.33. The third-order valence-corrected chi connectivity index (χ3v) is 4.33. The summed E-state index contributed by atoms with van der Waals surface area (Å²) in [5.41, 5.74) is 0. The molecule has 2 N–H and O–H groups in total. The Kier molecular flexibility index (Phi) is 6.31. The molecule has 1 aromatic heterocycles. The number of hydrogen-bond donors (Lipinski definition) is 2. The topological polar surface area (TPSA) is 68.3 Å². The lowest BCUT2D eigenvalue weighted by atomic mass is 9.95. The van der Waals surface area contributed by atoms with Gasteiger partial charge in [0.1, 0.15) is 23.9 Å². The molecular formula is C19H26N4O2. The van der Waals surface area contributed by atoms with Crippen molar-refractivity contribution in [2.45, 2.75) is 38.1 Å². The van der Waals surface area contributed by atoms with Gasteiger partial charge in [-0.05, 0) is 43.2 Å². The number of methoxy groups -OCH3 is 1. The summed E-state index contributed by atoms with van der Waals surface area (Å²) in [6.07, 6.45) is 8.19. The van der Waals surface area contributed by atoms with Crippen LogP contribution in [0.4, 0.5) is 11.8 Å². The van der Waals surface area contributed by atoms with E-state index >= 15 is 0 Å². The molecular weight excluding hydrogens is 316 g/mol. The van der Waals surface area contributed by atoms with Crippen LogP contribution < -0.4 is 20.1 Å². The molecule has 0 saturated heterocycles.